The third-order valence-corrected chi connectivity index (χ3v) is 2.24. The van der Waals surface area contributed by atoms with E-state index in [1.165, 1.54) is 12.1 Å². The van der Waals surface area contributed by atoms with Crippen LogP contribution in [0.25, 0.3) is 0 Å². The average Bonchev–Trinajstić information content (AvgIpc) is 2.17. The molecule has 1 aromatic rings. The molecule has 2 atom stereocenters. The molecule has 0 heterocycles. The zero-order valence-corrected chi connectivity index (χ0v) is 8.86. The van der Waals surface area contributed by atoms with Crippen molar-refractivity contribution in [3.05, 3.63) is 23.8 Å². The number of phenols is 2. The topological polar surface area (TPSA) is 52.5 Å². The second-order valence-corrected chi connectivity index (χ2v) is 3.49. The molecule has 0 saturated carbocycles. The summed E-state index contributed by atoms with van der Waals surface area (Å²) in [6, 6.07) is 4.35. The molecule has 0 fully saturated rings. The summed E-state index contributed by atoms with van der Waals surface area (Å²) in [6.07, 6.45) is 5.24. The van der Waals surface area contributed by atoms with Crippen molar-refractivity contribution in [3.63, 3.8) is 0 Å². The Bertz CT molecular complexity index is 361. The van der Waals surface area contributed by atoms with Crippen molar-refractivity contribution >= 4 is 0 Å². The van der Waals surface area contributed by atoms with Gasteiger partial charge in [0.05, 0.1) is 11.6 Å². The Morgan fingerprint density at radius 1 is 1.27 bits per heavy atom. The van der Waals surface area contributed by atoms with Gasteiger partial charge >= 0.3 is 0 Å². The minimum atomic E-state index is -0.197. The maximum Gasteiger partial charge on any atom is 0.124 e. The van der Waals surface area contributed by atoms with Crippen LogP contribution < -0.4 is 5.32 Å². The Morgan fingerprint density at radius 3 is 2.27 bits per heavy atom. The van der Waals surface area contributed by atoms with E-state index in [0.29, 0.717) is 5.56 Å². The Kier molecular flexibility index (Phi) is 3.59. The van der Waals surface area contributed by atoms with Gasteiger partial charge in [0.1, 0.15) is 11.5 Å². The first-order chi connectivity index (χ1) is 7.06. The highest BCUT2D eigenvalue weighted by Crippen LogP contribution is 2.32. The molecular formula is C12H15NO2. The van der Waals surface area contributed by atoms with Gasteiger partial charge in [-0.2, -0.15) is 0 Å². The van der Waals surface area contributed by atoms with Gasteiger partial charge in [-0.15, -0.1) is 6.42 Å². The Labute approximate surface area is 89.8 Å². The summed E-state index contributed by atoms with van der Waals surface area (Å²) >= 11 is 0. The largest absolute Gasteiger partial charge is 0.507 e. The molecule has 1 aromatic carbocycles. The molecule has 0 bridgehead atoms. The van der Waals surface area contributed by atoms with Crippen LogP contribution in [0.3, 0.4) is 0 Å². The fourth-order valence-corrected chi connectivity index (χ4v) is 1.49. The lowest BCUT2D eigenvalue weighted by atomic mass is 10.1. The summed E-state index contributed by atoms with van der Waals surface area (Å²) in [5.74, 6) is 2.67. The third kappa shape index (κ3) is 2.64. The molecule has 0 radical (unpaired) electrons. The van der Waals surface area contributed by atoms with Crippen LogP contribution in [0, 0.1) is 12.3 Å². The minimum absolute atomic E-state index is 0.0687. The molecule has 0 aliphatic heterocycles. The molecule has 0 amide bonds. The lowest BCUT2D eigenvalue weighted by Crippen LogP contribution is -2.27. The summed E-state index contributed by atoms with van der Waals surface area (Å²) in [6.45, 7) is 3.68. The first-order valence-corrected chi connectivity index (χ1v) is 4.79. The van der Waals surface area contributed by atoms with E-state index in [9.17, 15) is 10.2 Å². The first-order valence-electron chi connectivity index (χ1n) is 4.79. The van der Waals surface area contributed by atoms with Gasteiger partial charge in [0.15, 0.2) is 0 Å². The summed E-state index contributed by atoms with van der Waals surface area (Å²) < 4.78 is 0. The van der Waals surface area contributed by atoms with Crippen LogP contribution in [0.5, 0.6) is 11.5 Å². The first kappa shape index (κ1) is 11.4. The molecule has 3 N–H and O–H groups in total. The van der Waals surface area contributed by atoms with E-state index in [-0.39, 0.29) is 23.6 Å². The number of benzene rings is 1. The molecule has 0 aliphatic rings. The second kappa shape index (κ2) is 4.72. The van der Waals surface area contributed by atoms with Crippen molar-refractivity contribution in [2.45, 2.75) is 25.9 Å². The van der Waals surface area contributed by atoms with Crippen molar-refractivity contribution in [2.75, 3.05) is 0 Å². The van der Waals surface area contributed by atoms with Crippen LogP contribution >= 0.6 is 0 Å². The molecule has 3 nitrogen and oxygen atoms in total. The Balaban J connectivity index is 2.91. The van der Waals surface area contributed by atoms with Crippen molar-refractivity contribution in [1.82, 2.24) is 5.32 Å². The van der Waals surface area contributed by atoms with Gasteiger partial charge in [-0.1, -0.05) is 12.0 Å². The smallest absolute Gasteiger partial charge is 0.124 e. The Morgan fingerprint density at radius 2 is 1.80 bits per heavy atom. The van der Waals surface area contributed by atoms with Gasteiger partial charge < -0.3 is 10.2 Å². The van der Waals surface area contributed by atoms with Crippen LogP contribution in [0.1, 0.15) is 25.5 Å². The zero-order chi connectivity index (χ0) is 11.4. The summed E-state index contributed by atoms with van der Waals surface area (Å²) in [5, 5.41) is 22.3. The van der Waals surface area contributed by atoms with Gasteiger partial charge in [0.2, 0.25) is 0 Å². The second-order valence-electron chi connectivity index (χ2n) is 3.49. The number of nitrogens with one attached hydrogen (secondary N) is 1. The summed E-state index contributed by atoms with van der Waals surface area (Å²) in [5.41, 5.74) is 0.472. The fraction of sp³-hybridized carbons (Fsp3) is 0.333. The lowest BCUT2D eigenvalue weighted by molar-refractivity contribution is 0.415. The molecule has 3 heteroatoms. The highest BCUT2D eigenvalue weighted by molar-refractivity contribution is 5.45. The molecule has 0 saturated heterocycles. The SMILES string of the molecule is C#CC(C)NC(C)c1c(O)cccc1O. The Hall–Kier alpha value is -1.66. The quantitative estimate of drug-likeness (QED) is 0.659. The summed E-state index contributed by atoms with van der Waals surface area (Å²) in [7, 11) is 0. The minimum Gasteiger partial charge on any atom is -0.507 e. The number of rotatable bonds is 3. The van der Waals surface area contributed by atoms with E-state index in [1.54, 1.807) is 6.07 Å². The van der Waals surface area contributed by atoms with Crippen molar-refractivity contribution in [2.24, 2.45) is 0 Å². The number of phenolic OH excluding ortho intramolecular Hbond substituents is 2. The van der Waals surface area contributed by atoms with Gasteiger partial charge in [-0.3, -0.25) is 5.32 Å². The van der Waals surface area contributed by atoms with Gasteiger partial charge in [0, 0.05) is 6.04 Å². The number of aromatic hydroxyl groups is 2. The van der Waals surface area contributed by atoms with Crippen LogP contribution in [0.4, 0.5) is 0 Å². The molecule has 0 aromatic heterocycles. The summed E-state index contributed by atoms with van der Waals surface area (Å²) in [4.78, 5) is 0. The standard InChI is InChI=1S/C12H15NO2/c1-4-8(2)13-9(3)12-10(14)6-5-7-11(12)15/h1,5-9,13-15H,2-3H3. The number of hydrogen-bond donors (Lipinski definition) is 3. The lowest BCUT2D eigenvalue weighted by Gasteiger charge is -2.18. The highest BCUT2D eigenvalue weighted by atomic mass is 16.3. The molecule has 0 spiro atoms. The van der Waals surface area contributed by atoms with Crippen LogP contribution in [-0.2, 0) is 0 Å². The van der Waals surface area contributed by atoms with Crippen LogP contribution in [-0.4, -0.2) is 16.3 Å². The molecule has 80 valence electrons. The van der Waals surface area contributed by atoms with E-state index < -0.39 is 0 Å². The highest BCUT2D eigenvalue weighted by Gasteiger charge is 2.15. The van der Waals surface area contributed by atoms with Crippen molar-refractivity contribution in [3.8, 4) is 23.8 Å². The molecular weight excluding hydrogens is 190 g/mol. The predicted molar refractivity (Wildman–Crippen MR) is 59.6 cm³/mol. The van der Waals surface area contributed by atoms with E-state index in [4.69, 9.17) is 6.42 Å². The monoisotopic (exact) mass is 205 g/mol. The number of terminal acetylenes is 1. The zero-order valence-electron chi connectivity index (χ0n) is 8.86. The maximum absolute atomic E-state index is 9.60. The third-order valence-electron chi connectivity index (χ3n) is 2.24. The maximum atomic E-state index is 9.60. The van der Waals surface area contributed by atoms with Gasteiger partial charge in [0.25, 0.3) is 0 Å². The normalized spacial score (nSPS) is 14.2. The van der Waals surface area contributed by atoms with Crippen molar-refractivity contribution < 1.29 is 10.2 Å². The van der Waals surface area contributed by atoms with Crippen LogP contribution in [0.15, 0.2) is 18.2 Å². The van der Waals surface area contributed by atoms with E-state index in [2.05, 4.69) is 11.2 Å². The van der Waals surface area contributed by atoms with E-state index >= 15 is 0 Å². The molecule has 15 heavy (non-hydrogen) atoms. The van der Waals surface area contributed by atoms with E-state index in [1.807, 2.05) is 13.8 Å². The van der Waals surface area contributed by atoms with Gasteiger partial charge in [-0.25, -0.2) is 0 Å². The number of hydrogen-bond acceptors (Lipinski definition) is 3. The van der Waals surface area contributed by atoms with Gasteiger partial charge in [-0.05, 0) is 26.0 Å². The predicted octanol–water partition coefficient (Wildman–Crippen LogP) is 1.77. The molecule has 1 rings (SSSR count). The molecule has 2 unspecified atom stereocenters. The van der Waals surface area contributed by atoms with Crippen LogP contribution in [0.2, 0.25) is 0 Å². The fourth-order valence-electron chi connectivity index (χ4n) is 1.49. The average molecular weight is 205 g/mol. The van der Waals surface area contributed by atoms with Crippen molar-refractivity contribution in [1.29, 1.82) is 0 Å². The molecule has 0 aliphatic carbocycles. The van der Waals surface area contributed by atoms with E-state index in [0.717, 1.165) is 0 Å².